The summed E-state index contributed by atoms with van der Waals surface area (Å²) >= 11 is 0. The quantitative estimate of drug-likeness (QED) is 0.784. The Labute approximate surface area is 137 Å². The summed E-state index contributed by atoms with van der Waals surface area (Å²) in [4.78, 5) is 14.3. The molecule has 2 heterocycles. The fourth-order valence-electron chi connectivity index (χ4n) is 2.83. The minimum absolute atomic E-state index is 0.220. The standard InChI is InChI=1S/C14H25N5O3S/c1-4-17(5-2)23(21,22)16-12-8-7-11-18(14(12)20)13-9-10-15-19(13)6-3/h9-10,12,16H,4-8,11H2,1-3H3. The molecule has 9 heteroatoms. The first kappa shape index (κ1) is 17.9. The van der Waals surface area contributed by atoms with Crippen molar-refractivity contribution in [2.24, 2.45) is 0 Å². The van der Waals surface area contributed by atoms with Gasteiger partial charge in [-0.1, -0.05) is 13.8 Å². The van der Waals surface area contributed by atoms with E-state index in [1.165, 1.54) is 4.31 Å². The van der Waals surface area contributed by atoms with E-state index in [0.29, 0.717) is 38.4 Å². The van der Waals surface area contributed by atoms with Crippen molar-refractivity contribution in [3.05, 3.63) is 12.3 Å². The van der Waals surface area contributed by atoms with Crippen molar-refractivity contribution in [2.75, 3.05) is 24.5 Å². The van der Waals surface area contributed by atoms with E-state index in [2.05, 4.69) is 9.82 Å². The van der Waals surface area contributed by atoms with Crippen LogP contribution in [0.25, 0.3) is 0 Å². The topological polar surface area (TPSA) is 87.5 Å². The van der Waals surface area contributed by atoms with Gasteiger partial charge in [0.05, 0.1) is 6.20 Å². The molecule has 1 amide bonds. The summed E-state index contributed by atoms with van der Waals surface area (Å²) < 4.78 is 30.3. The highest BCUT2D eigenvalue weighted by atomic mass is 32.2. The van der Waals surface area contributed by atoms with Crippen molar-refractivity contribution < 1.29 is 13.2 Å². The number of nitrogens with one attached hydrogen (secondary N) is 1. The van der Waals surface area contributed by atoms with E-state index >= 15 is 0 Å². The highest BCUT2D eigenvalue weighted by Gasteiger charge is 2.35. The van der Waals surface area contributed by atoms with Crippen LogP contribution in [0.3, 0.4) is 0 Å². The third-order valence-electron chi connectivity index (χ3n) is 4.05. The highest BCUT2D eigenvalue weighted by molar-refractivity contribution is 7.87. The van der Waals surface area contributed by atoms with Gasteiger partial charge in [0, 0.05) is 32.2 Å². The second-order valence-corrected chi connectivity index (χ2v) is 7.10. The van der Waals surface area contributed by atoms with E-state index in [9.17, 15) is 13.2 Å². The van der Waals surface area contributed by atoms with Gasteiger partial charge < -0.3 is 0 Å². The number of aryl methyl sites for hydroxylation is 1. The zero-order valence-corrected chi connectivity index (χ0v) is 14.7. The van der Waals surface area contributed by atoms with E-state index in [4.69, 9.17) is 0 Å². The number of hydrogen-bond donors (Lipinski definition) is 1. The SMILES string of the molecule is CCN(CC)S(=O)(=O)NC1CCCN(c2ccnn2CC)C1=O. The molecule has 8 nitrogen and oxygen atoms in total. The minimum atomic E-state index is -3.65. The summed E-state index contributed by atoms with van der Waals surface area (Å²) in [6.45, 7) is 7.48. The Kier molecular flexibility index (Phi) is 5.77. The third kappa shape index (κ3) is 3.73. The molecule has 0 aliphatic carbocycles. The zero-order chi connectivity index (χ0) is 17.0. The predicted molar refractivity (Wildman–Crippen MR) is 88.3 cm³/mol. The van der Waals surface area contributed by atoms with E-state index in [1.807, 2.05) is 6.92 Å². The van der Waals surface area contributed by atoms with E-state index in [0.717, 1.165) is 6.42 Å². The maximum atomic E-state index is 12.7. The summed E-state index contributed by atoms with van der Waals surface area (Å²) in [5, 5.41) is 4.17. The van der Waals surface area contributed by atoms with Crippen molar-refractivity contribution in [1.82, 2.24) is 18.8 Å². The molecular weight excluding hydrogens is 318 g/mol. The summed E-state index contributed by atoms with van der Waals surface area (Å²) in [7, 11) is -3.65. The molecule has 1 aromatic rings. The lowest BCUT2D eigenvalue weighted by Gasteiger charge is -2.33. The largest absolute Gasteiger partial charge is 0.296 e. The van der Waals surface area contributed by atoms with Crippen molar-refractivity contribution in [2.45, 2.75) is 46.2 Å². The average molecular weight is 343 g/mol. The van der Waals surface area contributed by atoms with Crippen LogP contribution in [-0.2, 0) is 21.5 Å². The van der Waals surface area contributed by atoms with Crippen molar-refractivity contribution >= 4 is 21.9 Å². The molecule has 1 aromatic heterocycles. The Hall–Kier alpha value is -1.45. The maximum absolute atomic E-state index is 12.7. The van der Waals surface area contributed by atoms with Gasteiger partial charge >= 0.3 is 0 Å². The number of carbonyl (C=O) groups is 1. The molecule has 0 aromatic carbocycles. The minimum Gasteiger partial charge on any atom is -0.296 e. The molecule has 0 spiro atoms. The van der Waals surface area contributed by atoms with Gasteiger partial charge in [0.2, 0.25) is 5.91 Å². The van der Waals surface area contributed by atoms with E-state index in [1.54, 1.807) is 35.7 Å². The van der Waals surface area contributed by atoms with Gasteiger partial charge in [-0.2, -0.15) is 22.5 Å². The molecule has 0 saturated carbocycles. The van der Waals surface area contributed by atoms with Crippen LogP contribution in [0.1, 0.15) is 33.6 Å². The first-order chi connectivity index (χ1) is 10.9. The van der Waals surface area contributed by atoms with Crippen LogP contribution >= 0.6 is 0 Å². The molecule has 0 bridgehead atoms. The van der Waals surface area contributed by atoms with Gasteiger partial charge in [0.1, 0.15) is 11.9 Å². The van der Waals surface area contributed by atoms with Crippen LogP contribution in [0, 0.1) is 0 Å². The number of piperidine rings is 1. The first-order valence-electron chi connectivity index (χ1n) is 8.05. The Morgan fingerprint density at radius 3 is 2.65 bits per heavy atom. The van der Waals surface area contributed by atoms with Gasteiger partial charge in [0.25, 0.3) is 10.2 Å². The van der Waals surface area contributed by atoms with Gasteiger partial charge in [-0.15, -0.1) is 0 Å². The van der Waals surface area contributed by atoms with E-state index < -0.39 is 16.3 Å². The van der Waals surface area contributed by atoms with Gasteiger partial charge in [-0.25, -0.2) is 4.68 Å². The van der Waals surface area contributed by atoms with Crippen LogP contribution in [0.2, 0.25) is 0 Å². The van der Waals surface area contributed by atoms with Gasteiger partial charge in [0.15, 0.2) is 0 Å². The molecule has 1 aliphatic heterocycles. The lowest BCUT2D eigenvalue weighted by molar-refractivity contribution is -0.121. The smallest absolute Gasteiger partial charge is 0.280 e. The normalized spacial score (nSPS) is 19.6. The molecular formula is C14H25N5O3S. The molecule has 130 valence electrons. The molecule has 2 rings (SSSR count). The van der Waals surface area contributed by atoms with Crippen molar-refractivity contribution in [3.63, 3.8) is 0 Å². The Balaban J connectivity index is 2.17. The number of rotatable bonds is 7. The fourth-order valence-corrected chi connectivity index (χ4v) is 4.24. The predicted octanol–water partition coefficient (Wildman–Crippen LogP) is 0.575. The first-order valence-corrected chi connectivity index (χ1v) is 9.49. The van der Waals surface area contributed by atoms with Crippen LogP contribution in [0.4, 0.5) is 5.82 Å². The molecule has 1 aliphatic rings. The van der Waals surface area contributed by atoms with Crippen molar-refractivity contribution in [3.8, 4) is 0 Å². The molecule has 1 unspecified atom stereocenters. The van der Waals surface area contributed by atoms with Gasteiger partial charge in [-0.3, -0.25) is 9.69 Å². The summed E-state index contributed by atoms with van der Waals surface area (Å²) in [6.07, 6.45) is 2.90. The lowest BCUT2D eigenvalue weighted by atomic mass is 10.1. The van der Waals surface area contributed by atoms with Crippen LogP contribution in [0.5, 0.6) is 0 Å². The number of aromatic nitrogens is 2. The van der Waals surface area contributed by atoms with Gasteiger partial charge in [-0.05, 0) is 19.8 Å². The van der Waals surface area contributed by atoms with E-state index in [-0.39, 0.29) is 5.91 Å². The summed E-state index contributed by atoms with van der Waals surface area (Å²) in [5.74, 6) is 0.492. The lowest BCUT2D eigenvalue weighted by Crippen LogP contribution is -2.55. The average Bonchev–Trinajstić information content (AvgIpc) is 2.98. The second-order valence-electron chi connectivity index (χ2n) is 5.40. The molecule has 1 fully saturated rings. The Morgan fingerprint density at radius 2 is 2.04 bits per heavy atom. The molecule has 23 heavy (non-hydrogen) atoms. The second kappa shape index (κ2) is 7.41. The number of nitrogens with zero attached hydrogens (tertiary/aromatic N) is 4. The maximum Gasteiger partial charge on any atom is 0.280 e. The van der Waals surface area contributed by atoms with Crippen molar-refractivity contribution in [1.29, 1.82) is 0 Å². The summed E-state index contributed by atoms with van der Waals surface area (Å²) in [6, 6.07) is 1.05. The zero-order valence-electron chi connectivity index (χ0n) is 13.9. The van der Waals surface area contributed by atoms with Crippen LogP contribution < -0.4 is 9.62 Å². The van der Waals surface area contributed by atoms with Crippen LogP contribution in [-0.4, -0.2) is 54.1 Å². The molecule has 1 N–H and O–H groups in total. The number of anilines is 1. The number of carbonyl (C=O) groups excluding carboxylic acids is 1. The molecule has 1 saturated heterocycles. The Bertz CT molecular complexity index is 639. The summed E-state index contributed by atoms with van der Waals surface area (Å²) in [5.41, 5.74) is 0. The third-order valence-corrected chi connectivity index (χ3v) is 5.82. The van der Waals surface area contributed by atoms with Crippen LogP contribution in [0.15, 0.2) is 12.3 Å². The molecule has 0 radical (unpaired) electrons. The fraction of sp³-hybridized carbons (Fsp3) is 0.714. The number of amides is 1. The Morgan fingerprint density at radius 1 is 1.35 bits per heavy atom. The number of hydrogen-bond acceptors (Lipinski definition) is 4. The monoisotopic (exact) mass is 343 g/mol. The highest BCUT2D eigenvalue weighted by Crippen LogP contribution is 2.21. The molecule has 1 atom stereocenters.